The van der Waals surface area contributed by atoms with Crippen molar-refractivity contribution in [2.75, 3.05) is 0 Å². The molecular formula is C21H18FNO4S. The molecule has 0 saturated carbocycles. The van der Waals surface area contributed by atoms with Crippen LogP contribution < -0.4 is 9.50 Å². The molecule has 5 nitrogen and oxygen atoms in total. The summed E-state index contributed by atoms with van der Waals surface area (Å²) in [6.45, 7) is 1.98. The summed E-state index contributed by atoms with van der Waals surface area (Å²) < 4.78 is 43.7. The summed E-state index contributed by atoms with van der Waals surface area (Å²) in [4.78, 5) is 11.8. The average molecular weight is 399 g/mol. The maximum absolute atomic E-state index is 14.0. The van der Waals surface area contributed by atoms with Gasteiger partial charge in [-0.15, -0.1) is 0 Å². The van der Waals surface area contributed by atoms with Crippen LogP contribution in [-0.4, -0.2) is 14.3 Å². The molecule has 0 aromatic heterocycles. The van der Waals surface area contributed by atoms with Gasteiger partial charge in [-0.2, -0.15) is 8.42 Å². The van der Waals surface area contributed by atoms with E-state index in [4.69, 9.17) is 4.18 Å². The van der Waals surface area contributed by atoms with Crippen molar-refractivity contribution in [2.24, 2.45) is 0 Å². The van der Waals surface area contributed by atoms with E-state index in [-0.39, 0.29) is 17.2 Å². The Balaban J connectivity index is 1.74. The first-order chi connectivity index (χ1) is 13.3. The van der Waals surface area contributed by atoms with Crippen LogP contribution >= 0.6 is 0 Å². The number of nitrogens with one attached hydrogen (secondary N) is 1. The number of carbonyl (C=O) groups is 1. The summed E-state index contributed by atoms with van der Waals surface area (Å²) in [5, 5.41) is 2.75. The van der Waals surface area contributed by atoms with Crippen LogP contribution in [0.2, 0.25) is 0 Å². The van der Waals surface area contributed by atoms with Crippen LogP contribution in [0.1, 0.15) is 21.5 Å². The van der Waals surface area contributed by atoms with Crippen LogP contribution in [0, 0.1) is 12.7 Å². The fourth-order valence-electron chi connectivity index (χ4n) is 2.55. The highest BCUT2D eigenvalue weighted by molar-refractivity contribution is 7.87. The molecule has 0 heterocycles. The zero-order valence-corrected chi connectivity index (χ0v) is 15.9. The fraction of sp³-hybridized carbons (Fsp3) is 0.0952. The van der Waals surface area contributed by atoms with Crippen LogP contribution in [-0.2, 0) is 16.7 Å². The summed E-state index contributed by atoms with van der Waals surface area (Å²) in [5.41, 5.74) is 1.75. The molecule has 0 spiro atoms. The molecule has 1 amide bonds. The lowest BCUT2D eigenvalue weighted by Gasteiger charge is -2.10. The van der Waals surface area contributed by atoms with E-state index < -0.39 is 20.8 Å². The normalized spacial score (nSPS) is 11.1. The van der Waals surface area contributed by atoms with E-state index in [1.54, 1.807) is 6.92 Å². The van der Waals surface area contributed by atoms with Crippen LogP contribution in [0.25, 0.3) is 0 Å². The number of hydrogen-bond acceptors (Lipinski definition) is 4. The third-order valence-electron chi connectivity index (χ3n) is 3.95. The zero-order valence-electron chi connectivity index (χ0n) is 15.1. The Hall–Kier alpha value is -3.19. The first kappa shape index (κ1) is 19.6. The molecule has 0 fully saturated rings. The number of halogens is 1. The molecule has 0 unspecified atom stereocenters. The van der Waals surface area contributed by atoms with Gasteiger partial charge in [0.05, 0.1) is 0 Å². The van der Waals surface area contributed by atoms with E-state index in [1.807, 2.05) is 30.3 Å². The maximum Gasteiger partial charge on any atom is 0.342 e. The number of carbonyl (C=O) groups excluding carboxylic acids is 1. The lowest BCUT2D eigenvalue weighted by atomic mass is 10.2. The van der Waals surface area contributed by atoms with Crippen molar-refractivity contribution < 1.29 is 21.8 Å². The number of rotatable bonds is 6. The molecule has 3 rings (SSSR count). The van der Waals surface area contributed by atoms with Crippen molar-refractivity contribution in [3.63, 3.8) is 0 Å². The monoisotopic (exact) mass is 399 g/mol. The Bertz CT molecular complexity index is 1100. The minimum Gasteiger partial charge on any atom is -0.379 e. The first-order valence-electron chi connectivity index (χ1n) is 8.48. The summed E-state index contributed by atoms with van der Waals surface area (Å²) in [6, 6.07) is 18.8. The van der Waals surface area contributed by atoms with Crippen LogP contribution in [0.3, 0.4) is 0 Å². The summed E-state index contributed by atoms with van der Waals surface area (Å²) in [5.74, 6) is -1.35. The second kappa shape index (κ2) is 8.22. The van der Waals surface area contributed by atoms with Crippen molar-refractivity contribution in [1.29, 1.82) is 0 Å². The van der Waals surface area contributed by atoms with Crippen LogP contribution in [0.15, 0.2) is 77.7 Å². The highest BCUT2D eigenvalue weighted by atomic mass is 32.2. The number of amides is 1. The molecule has 3 aromatic carbocycles. The van der Waals surface area contributed by atoms with Gasteiger partial charge in [0.15, 0.2) is 0 Å². The topological polar surface area (TPSA) is 72.5 Å². The molecule has 0 radical (unpaired) electrons. The van der Waals surface area contributed by atoms with E-state index in [2.05, 4.69) is 5.32 Å². The summed E-state index contributed by atoms with van der Waals surface area (Å²) in [6.07, 6.45) is 0. The van der Waals surface area contributed by atoms with Gasteiger partial charge in [0, 0.05) is 12.1 Å². The number of benzene rings is 3. The lowest BCUT2D eigenvalue weighted by Crippen LogP contribution is -2.22. The van der Waals surface area contributed by atoms with Gasteiger partial charge in [-0.1, -0.05) is 42.5 Å². The molecule has 3 aromatic rings. The highest BCUT2D eigenvalue weighted by Gasteiger charge is 2.22. The molecule has 144 valence electrons. The van der Waals surface area contributed by atoms with Crippen molar-refractivity contribution in [3.8, 4) is 5.75 Å². The smallest absolute Gasteiger partial charge is 0.342 e. The van der Waals surface area contributed by atoms with Crippen LogP contribution in [0.5, 0.6) is 5.75 Å². The third kappa shape index (κ3) is 4.75. The molecule has 28 heavy (non-hydrogen) atoms. The standard InChI is InChI=1S/C21H18FNO4S/c1-15-10-11-20(19(22)12-15)28(25,26)27-18-9-5-8-17(13-18)21(24)23-14-16-6-3-2-4-7-16/h2-13H,14H2,1H3,(H,23,24). The minimum atomic E-state index is -4.37. The average Bonchev–Trinajstić information content (AvgIpc) is 2.66. The van der Waals surface area contributed by atoms with E-state index in [9.17, 15) is 17.6 Å². The Morgan fingerprint density at radius 3 is 2.46 bits per heavy atom. The lowest BCUT2D eigenvalue weighted by molar-refractivity contribution is 0.0950. The van der Waals surface area contributed by atoms with Crippen molar-refractivity contribution in [1.82, 2.24) is 5.32 Å². The van der Waals surface area contributed by atoms with Crippen molar-refractivity contribution >= 4 is 16.0 Å². The fourth-order valence-corrected chi connectivity index (χ4v) is 3.53. The minimum absolute atomic E-state index is 0.0765. The highest BCUT2D eigenvalue weighted by Crippen LogP contribution is 2.22. The van der Waals surface area contributed by atoms with E-state index in [0.717, 1.165) is 17.7 Å². The van der Waals surface area contributed by atoms with Gasteiger partial charge in [-0.05, 0) is 48.4 Å². The predicted molar refractivity (Wildman–Crippen MR) is 103 cm³/mol. The van der Waals surface area contributed by atoms with Gasteiger partial charge in [-0.3, -0.25) is 4.79 Å². The summed E-state index contributed by atoms with van der Waals surface area (Å²) in [7, 11) is -4.37. The Morgan fingerprint density at radius 1 is 1.00 bits per heavy atom. The largest absolute Gasteiger partial charge is 0.379 e. The van der Waals surface area contributed by atoms with E-state index in [0.29, 0.717) is 12.1 Å². The SMILES string of the molecule is Cc1ccc(S(=O)(=O)Oc2cccc(C(=O)NCc3ccccc3)c2)c(F)c1. The van der Waals surface area contributed by atoms with E-state index in [1.165, 1.54) is 30.3 Å². The molecule has 0 saturated heterocycles. The first-order valence-corrected chi connectivity index (χ1v) is 9.89. The van der Waals surface area contributed by atoms with Gasteiger partial charge in [0.2, 0.25) is 0 Å². The Kier molecular flexibility index (Phi) is 5.75. The Morgan fingerprint density at radius 2 is 1.75 bits per heavy atom. The van der Waals surface area contributed by atoms with Gasteiger partial charge in [-0.25, -0.2) is 4.39 Å². The molecule has 0 bridgehead atoms. The zero-order chi connectivity index (χ0) is 20.1. The number of hydrogen-bond donors (Lipinski definition) is 1. The predicted octanol–water partition coefficient (Wildman–Crippen LogP) is 3.83. The van der Waals surface area contributed by atoms with Crippen LogP contribution in [0.4, 0.5) is 4.39 Å². The molecule has 0 aliphatic rings. The number of aryl methyl sites for hydroxylation is 1. The quantitative estimate of drug-likeness (QED) is 0.640. The van der Waals surface area contributed by atoms with Gasteiger partial charge in [0.25, 0.3) is 5.91 Å². The molecular weight excluding hydrogens is 381 g/mol. The van der Waals surface area contributed by atoms with E-state index >= 15 is 0 Å². The molecule has 0 aliphatic heterocycles. The second-order valence-corrected chi connectivity index (χ2v) is 7.68. The van der Waals surface area contributed by atoms with Crippen molar-refractivity contribution in [2.45, 2.75) is 18.4 Å². The van der Waals surface area contributed by atoms with Gasteiger partial charge < -0.3 is 9.50 Å². The molecule has 7 heteroatoms. The van der Waals surface area contributed by atoms with Crippen molar-refractivity contribution in [3.05, 3.63) is 95.3 Å². The van der Waals surface area contributed by atoms with Gasteiger partial charge >= 0.3 is 10.1 Å². The molecule has 1 N–H and O–H groups in total. The Labute approximate surface area is 162 Å². The third-order valence-corrected chi connectivity index (χ3v) is 5.24. The molecule has 0 atom stereocenters. The second-order valence-electron chi connectivity index (χ2n) is 6.17. The summed E-state index contributed by atoms with van der Waals surface area (Å²) >= 11 is 0. The maximum atomic E-state index is 14.0. The molecule has 0 aliphatic carbocycles. The van der Waals surface area contributed by atoms with Gasteiger partial charge in [0.1, 0.15) is 16.5 Å².